The minimum absolute atomic E-state index is 0.0271. The second-order valence-corrected chi connectivity index (χ2v) is 5.71. The van der Waals surface area contributed by atoms with Gasteiger partial charge in [-0.1, -0.05) is 11.3 Å². The van der Waals surface area contributed by atoms with Crippen LogP contribution in [0.2, 0.25) is 0 Å². The van der Waals surface area contributed by atoms with E-state index in [4.69, 9.17) is 4.74 Å². The Morgan fingerprint density at radius 3 is 2.90 bits per heavy atom. The van der Waals surface area contributed by atoms with E-state index in [9.17, 15) is 4.79 Å². The SMILES string of the molecule is CCOc1ccc2nc(NC(C)C(=O)N(C)C)sc2c1. The maximum Gasteiger partial charge on any atom is 0.244 e. The molecule has 0 bridgehead atoms. The van der Waals surface area contributed by atoms with E-state index in [2.05, 4.69) is 10.3 Å². The summed E-state index contributed by atoms with van der Waals surface area (Å²) >= 11 is 1.52. The quantitative estimate of drug-likeness (QED) is 0.920. The van der Waals surface area contributed by atoms with Crippen molar-refractivity contribution in [3.63, 3.8) is 0 Å². The van der Waals surface area contributed by atoms with Crippen molar-refractivity contribution in [2.45, 2.75) is 19.9 Å². The van der Waals surface area contributed by atoms with E-state index in [1.807, 2.05) is 32.0 Å². The first-order chi connectivity index (χ1) is 9.51. The molecule has 0 aliphatic heterocycles. The lowest BCUT2D eigenvalue weighted by molar-refractivity contribution is -0.129. The summed E-state index contributed by atoms with van der Waals surface area (Å²) in [6.07, 6.45) is 0. The van der Waals surface area contributed by atoms with Gasteiger partial charge in [0.05, 0.1) is 16.8 Å². The van der Waals surface area contributed by atoms with E-state index in [-0.39, 0.29) is 11.9 Å². The van der Waals surface area contributed by atoms with Crippen LogP contribution in [0.15, 0.2) is 18.2 Å². The summed E-state index contributed by atoms with van der Waals surface area (Å²) in [6, 6.07) is 5.52. The summed E-state index contributed by atoms with van der Waals surface area (Å²) < 4.78 is 6.52. The van der Waals surface area contributed by atoms with Crippen molar-refractivity contribution in [3.05, 3.63) is 18.2 Å². The number of hydrogen-bond donors (Lipinski definition) is 1. The fourth-order valence-electron chi connectivity index (χ4n) is 1.86. The number of anilines is 1. The zero-order valence-electron chi connectivity index (χ0n) is 12.1. The molecule has 1 aromatic heterocycles. The largest absolute Gasteiger partial charge is 0.494 e. The number of rotatable bonds is 5. The summed E-state index contributed by atoms with van der Waals surface area (Å²) in [4.78, 5) is 17.9. The molecule has 0 radical (unpaired) electrons. The highest BCUT2D eigenvalue weighted by Crippen LogP contribution is 2.29. The van der Waals surface area contributed by atoms with Crippen LogP contribution < -0.4 is 10.1 Å². The van der Waals surface area contributed by atoms with Gasteiger partial charge in [-0.2, -0.15) is 0 Å². The summed E-state index contributed by atoms with van der Waals surface area (Å²) in [6.45, 7) is 4.43. The van der Waals surface area contributed by atoms with E-state index in [0.717, 1.165) is 21.1 Å². The van der Waals surface area contributed by atoms with Crippen LogP contribution in [0.3, 0.4) is 0 Å². The Hall–Kier alpha value is -1.82. The molecular formula is C14H19N3O2S. The molecule has 0 aliphatic rings. The average molecular weight is 293 g/mol. The van der Waals surface area contributed by atoms with Crippen LogP contribution in [0.1, 0.15) is 13.8 Å². The first-order valence-electron chi connectivity index (χ1n) is 6.52. The minimum atomic E-state index is -0.295. The Labute approximate surface area is 122 Å². The number of fused-ring (bicyclic) bond motifs is 1. The number of benzene rings is 1. The zero-order chi connectivity index (χ0) is 14.7. The first-order valence-corrected chi connectivity index (χ1v) is 7.34. The number of nitrogens with one attached hydrogen (secondary N) is 1. The number of aromatic nitrogens is 1. The van der Waals surface area contributed by atoms with Gasteiger partial charge in [0.15, 0.2) is 5.13 Å². The molecule has 20 heavy (non-hydrogen) atoms. The van der Waals surface area contributed by atoms with Crippen molar-refractivity contribution in [1.29, 1.82) is 0 Å². The molecule has 2 rings (SSSR count). The molecule has 1 atom stereocenters. The number of ether oxygens (including phenoxy) is 1. The smallest absolute Gasteiger partial charge is 0.244 e. The second kappa shape index (κ2) is 6.09. The summed E-state index contributed by atoms with van der Waals surface area (Å²) in [5, 5.41) is 3.89. The molecule has 0 saturated heterocycles. The van der Waals surface area contributed by atoms with E-state index in [1.165, 1.54) is 11.3 Å². The van der Waals surface area contributed by atoms with Crippen molar-refractivity contribution in [3.8, 4) is 5.75 Å². The lowest BCUT2D eigenvalue weighted by Gasteiger charge is -2.17. The molecule has 1 heterocycles. The van der Waals surface area contributed by atoms with Crippen molar-refractivity contribution < 1.29 is 9.53 Å². The zero-order valence-corrected chi connectivity index (χ0v) is 13.0. The Bertz CT molecular complexity index is 609. The van der Waals surface area contributed by atoms with Gasteiger partial charge < -0.3 is 15.0 Å². The van der Waals surface area contributed by atoms with E-state index in [0.29, 0.717) is 6.61 Å². The van der Waals surface area contributed by atoms with Crippen molar-refractivity contribution in [2.24, 2.45) is 0 Å². The van der Waals surface area contributed by atoms with Crippen molar-refractivity contribution in [2.75, 3.05) is 26.0 Å². The second-order valence-electron chi connectivity index (χ2n) is 4.68. The van der Waals surface area contributed by atoms with E-state index in [1.54, 1.807) is 19.0 Å². The normalized spacial score (nSPS) is 12.2. The lowest BCUT2D eigenvalue weighted by atomic mass is 10.3. The number of hydrogen-bond acceptors (Lipinski definition) is 5. The predicted molar refractivity (Wildman–Crippen MR) is 82.6 cm³/mol. The van der Waals surface area contributed by atoms with Crippen LogP contribution >= 0.6 is 11.3 Å². The fraction of sp³-hybridized carbons (Fsp3) is 0.429. The average Bonchev–Trinajstić information content (AvgIpc) is 2.79. The molecule has 0 aliphatic carbocycles. The van der Waals surface area contributed by atoms with Gasteiger partial charge in [0.1, 0.15) is 11.8 Å². The molecule has 5 nitrogen and oxygen atoms in total. The Balaban J connectivity index is 2.17. The van der Waals surface area contributed by atoms with Gasteiger partial charge in [-0.15, -0.1) is 0 Å². The Morgan fingerprint density at radius 2 is 2.25 bits per heavy atom. The predicted octanol–water partition coefficient (Wildman–Crippen LogP) is 2.58. The maximum atomic E-state index is 11.8. The molecule has 6 heteroatoms. The molecule has 0 fully saturated rings. The first kappa shape index (κ1) is 14.6. The molecule has 108 valence electrons. The van der Waals surface area contributed by atoms with Gasteiger partial charge >= 0.3 is 0 Å². The molecule has 0 saturated carbocycles. The standard InChI is InChI=1S/C14H19N3O2S/c1-5-19-10-6-7-11-12(8-10)20-14(16-11)15-9(2)13(18)17(3)4/h6-9H,5H2,1-4H3,(H,15,16). The lowest BCUT2D eigenvalue weighted by Crippen LogP contribution is -2.36. The molecule has 1 amide bonds. The highest BCUT2D eigenvalue weighted by Gasteiger charge is 2.16. The van der Waals surface area contributed by atoms with Crippen LogP contribution in [-0.4, -0.2) is 42.5 Å². The van der Waals surface area contributed by atoms with Crippen LogP contribution in [0.5, 0.6) is 5.75 Å². The highest BCUT2D eigenvalue weighted by atomic mass is 32.1. The van der Waals surface area contributed by atoms with Crippen LogP contribution in [0, 0.1) is 0 Å². The molecule has 1 aromatic carbocycles. The number of carbonyl (C=O) groups excluding carboxylic acids is 1. The van der Waals surface area contributed by atoms with Gasteiger partial charge in [0.2, 0.25) is 5.91 Å². The van der Waals surface area contributed by atoms with Crippen LogP contribution in [0.4, 0.5) is 5.13 Å². The molecule has 1 N–H and O–H groups in total. The van der Waals surface area contributed by atoms with Gasteiger partial charge in [-0.3, -0.25) is 4.79 Å². The molecule has 1 unspecified atom stereocenters. The molecule has 0 spiro atoms. The maximum absolute atomic E-state index is 11.8. The third-order valence-electron chi connectivity index (χ3n) is 2.82. The van der Waals surface area contributed by atoms with Gasteiger partial charge in [-0.05, 0) is 32.0 Å². The number of thiazole rings is 1. The van der Waals surface area contributed by atoms with Gasteiger partial charge in [0.25, 0.3) is 0 Å². The van der Waals surface area contributed by atoms with Gasteiger partial charge in [0, 0.05) is 14.1 Å². The molecular weight excluding hydrogens is 274 g/mol. The van der Waals surface area contributed by atoms with Crippen molar-refractivity contribution in [1.82, 2.24) is 9.88 Å². The number of likely N-dealkylation sites (N-methyl/N-ethyl adjacent to an activating group) is 1. The van der Waals surface area contributed by atoms with Crippen LogP contribution in [0.25, 0.3) is 10.2 Å². The Morgan fingerprint density at radius 1 is 1.50 bits per heavy atom. The van der Waals surface area contributed by atoms with Crippen molar-refractivity contribution >= 4 is 32.6 Å². The third kappa shape index (κ3) is 3.19. The monoisotopic (exact) mass is 293 g/mol. The number of nitrogens with zero attached hydrogens (tertiary/aromatic N) is 2. The topological polar surface area (TPSA) is 54.5 Å². The summed E-state index contributed by atoms with van der Waals surface area (Å²) in [7, 11) is 3.49. The third-order valence-corrected chi connectivity index (χ3v) is 3.77. The van der Waals surface area contributed by atoms with E-state index < -0.39 is 0 Å². The minimum Gasteiger partial charge on any atom is -0.494 e. The fourth-order valence-corrected chi connectivity index (χ4v) is 2.84. The van der Waals surface area contributed by atoms with Gasteiger partial charge in [-0.25, -0.2) is 4.98 Å². The number of amides is 1. The highest BCUT2D eigenvalue weighted by molar-refractivity contribution is 7.22. The Kier molecular flexibility index (Phi) is 4.44. The summed E-state index contributed by atoms with van der Waals surface area (Å²) in [5.41, 5.74) is 0.908. The van der Waals surface area contributed by atoms with Crippen LogP contribution in [-0.2, 0) is 4.79 Å². The molecule has 2 aromatic rings. The summed E-state index contributed by atoms with van der Waals surface area (Å²) in [5.74, 6) is 0.867. The number of carbonyl (C=O) groups is 1. The van der Waals surface area contributed by atoms with E-state index >= 15 is 0 Å².